The van der Waals surface area contributed by atoms with E-state index >= 15 is 0 Å². The lowest BCUT2D eigenvalue weighted by atomic mass is 9.45. The second-order valence-electron chi connectivity index (χ2n) is 9.18. The molecule has 4 aliphatic carbocycles. The van der Waals surface area contributed by atoms with Crippen LogP contribution in [0, 0.1) is 29.1 Å². The first-order valence-electron chi connectivity index (χ1n) is 11.7. The van der Waals surface area contributed by atoms with Gasteiger partial charge < -0.3 is 5.73 Å². The van der Waals surface area contributed by atoms with Crippen LogP contribution in [0.2, 0.25) is 0 Å². The third kappa shape index (κ3) is 3.50. The van der Waals surface area contributed by atoms with Gasteiger partial charge in [0.25, 0.3) is 0 Å². The summed E-state index contributed by atoms with van der Waals surface area (Å²) in [7, 11) is 0. The Morgan fingerprint density at radius 3 is 2.30 bits per heavy atom. The fraction of sp³-hybridized carbons (Fsp3) is 0.769. The van der Waals surface area contributed by atoms with Gasteiger partial charge in [0, 0.05) is 5.54 Å². The number of hydrogen-bond donors (Lipinski definition) is 1. The van der Waals surface area contributed by atoms with Crippen molar-refractivity contribution in [3.8, 4) is 0 Å². The fourth-order valence-corrected chi connectivity index (χ4v) is 7.06. The Labute approximate surface area is 169 Å². The highest BCUT2D eigenvalue weighted by Crippen LogP contribution is 2.65. The van der Waals surface area contributed by atoms with Crippen molar-refractivity contribution in [1.29, 1.82) is 0 Å². The van der Waals surface area contributed by atoms with Gasteiger partial charge in [0.1, 0.15) is 0 Å². The molecule has 27 heavy (non-hydrogen) atoms. The van der Waals surface area contributed by atoms with Crippen LogP contribution in [0.5, 0.6) is 0 Å². The molecule has 4 rings (SSSR count). The van der Waals surface area contributed by atoms with Crippen molar-refractivity contribution in [2.45, 2.75) is 98.4 Å². The van der Waals surface area contributed by atoms with Crippen molar-refractivity contribution in [1.82, 2.24) is 0 Å². The van der Waals surface area contributed by atoms with Gasteiger partial charge >= 0.3 is 0 Å². The molecule has 6 unspecified atom stereocenters. The zero-order valence-corrected chi connectivity index (χ0v) is 19.0. The molecule has 1 heteroatoms. The van der Waals surface area contributed by atoms with Crippen LogP contribution in [0.25, 0.3) is 0 Å². The third-order valence-corrected chi connectivity index (χ3v) is 8.47. The summed E-state index contributed by atoms with van der Waals surface area (Å²) in [6, 6.07) is 0. The van der Waals surface area contributed by atoms with Crippen molar-refractivity contribution in [3.63, 3.8) is 0 Å². The van der Waals surface area contributed by atoms with Gasteiger partial charge in [0.2, 0.25) is 0 Å². The maximum Gasteiger partial charge on any atom is 0.0397 e. The molecule has 154 valence electrons. The molecule has 2 N–H and O–H groups in total. The minimum atomic E-state index is -0.0357. The fourth-order valence-electron chi connectivity index (χ4n) is 7.06. The lowest BCUT2D eigenvalue weighted by Crippen LogP contribution is -2.58. The third-order valence-electron chi connectivity index (χ3n) is 8.47. The molecule has 0 aromatic rings. The van der Waals surface area contributed by atoms with Crippen molar-refractivity contribution in [3.05, 3.63) is 36.0 Å². The van der Waals surface area contributed by atoms with E-state index in [0.717, 1.165) is 17.8 Å². The molecule has 4 aliphatic rings. The molecular weight excluding hydrogens is 326 g/mol. The van der Waals surface area contributed by atoms with Gasteiger partial charge in [-0.3, -0.25) is 0 Å². The van der Waals surface area contributed by atoms with E-state index in [2.05, 4.69) is 33.1 Å². The lowest BCUT2D eigenvalue weighted by molar-refractivity contribution is -0.0698. The van der Waals surface area contributed by atoms with Crippen molar-refractivity contribution in [2.75, 3.05) is 0 Å². The quantitative estimate of drug-likeness (QED) is 0.440. The SMILES string of the molecule is C=C1CC2CCC3C4CCC(=C)C4(N)CCC3C2(C)C/C1=C/C.CC.CC. The maximum atomic E-state index is 6.88. The highest BCUT2D eigenvalue weighted by molar-refractivity contribution is 5.35. The Bertz CT molecular complexity index is 585. The zero-order valence-electron chi connectivity index (χ0n) is 19.0. The minimum Gasteiger partial charge on any atom is -0.321 e. The second-order valence-corrected chi connectivity index (χ2v) is 9.18. The van der Waals surface area contributed by atoms with Gasteiger partial charge in [-0.25, -0.2) is 0 Å². The van der Waals surface area contributed by atoms with Crippen LogP contribution in [-0.4, -0.2) is 5.54 Å². The van der Waals surface area contributed by atoms with Gasteiger partial charge in [-0.2, -0.15) is 0 Å². The van der Waals surface area contributed by atoms with E-state index in [0.29, 0.717) is 11.3 Å². The topological polar surface area (TPSA) is 26.0 Å². The summed E-state index contributed by atoms with van der Waals surface area (Å²) >= 11 is 0. The van der Waals surface area contributed by atoms with Crippen LogP contribution < -0.4 is 5.73 Å². The van der Waals surface area contributed by atoms with Crippen LogP contribution >= 0.6 is 0 Å². The van der Waals surface area contributed by atoms with Gasteiger partial charge in [-0.05, 0) is 93.0 Å². The maximum absolute atomic E-state index is 6.88. The van der Waals surface area contributed by atoms with E-state index in [4.69, 9.17) is 5.73 Å². The largest absolute Gasteiger partial charge is 0.321 e. The molecule has 0 heterocycles. The smallest absolute Gasteiger partial charge is 0.0397 e. The molecule has 6 atom stereocenters. The predicted octanol–water partition coefficient (Wildman–Crippen LogP) is 7.44. The van der Waals surface area contributed by atoms with E-state index < -0.39 is 0 Å². The number of fused-ring (bicyclic) bond motifs is 5. The van der Waals surface area contributed by atoms with Crippen molar-refractivity contribution in [2.24, 2.45) is 34.8 Å². The average molecular weight is 372 g/mol. The van der Waals surface area contributed by atoms with Gasteiger partial charge in [0.15, 0.2) is 0 Å². The summed E-state index contributed by atoms with van der Waals surface area (Å²) in [5, 5.41) is 0. The molecule has 0 spiro atoms. The van der Waals surface area contributed by atoms with Crippen LogP contribution in [0.3, 0.4) is 0 Å². The minimum absolute atomic E-state index is 0.0357. The summed E-state index contributed by atoms with van der Waals surface area (Å²) in [5.74, 6) is 3.23. The van der Waals surface area contributed by atoms with Crippen LogP contribution in [-0.2, 0) is 0 Å². The van der Waals surface area contributed by atoms with Crippen molar-refractivity contribution < 1.29 is 0 Å². The standard InChI is InChI=1S/C22H33N.2C2H6/c1-5-16-13-21(4)17(12-14(16)2)7-8-18-19(21)10-11-22(23)15(3)6-9-20(18)22;2*1-2/h5,17-20H,2-3,6-13,23H2,1,4H3;2*1-2H3/b16-5-;;. The number of nitrogens with two attached hydrogens (primary N) is 1. The first-order chi connectivity index (χ1) is 12.9. The molecule has 0 amide bonds. The molecule has 4 fully saturated rings. The van der Waals surface area contributed by atoms with E-state index in [-0.39, 0.29) is 5.54 Å². The van der Waals surface area contributed by atoms with E-state index in [1.54, 1.807) is 0 Å². The molecule has 0 aliphatic heterocycles. The summed E-state index contributed by atoms with van der Waals surface area (Å²) in [5.41, 5.74) is 11.6. The molecule has 0 saturated heterocycles. The van der Waals surface area contributed by atoms with Crippen LogP contribution in [0.15, 0.2) is 36.0 Å². The molecule has 0 aromatic carbocycles. The summed E-state index contributed by atoms with van der Waals surface area (Å²) in [4.78, 5) is 0. The number of allylic oxidation sites excluding steroid dienone is 3. The van der Waals surface area contributed by atoms with Gasteiger partial charge in [0.05, 0.1) is 0 Å². The highest BCUT2D eigenvalue weighted by atomic mass is 14.8. The molecule has 0 aromatic heterocycles. The zero-order chi connectivity index (χ0) is 20.4. The van der Waals surface area contributed by atoms with E-state index in [1.807, 2.05) is 27.7 Å². The molecule has 4 saturated carbocycles. The Kier molecular flexibility index (Phi) is 7.22. The Morgan fingerprint density at radius 1 is 1.00 bits per heavy atom. The summed E-state index contributed by atoms with van der Waals surface area (Å²) < 4.78 is 0. The van der Waals surface area contributed by atoms with Crippen LogP contribution in [0.1, 0.15) is 92.9 Å². The average Bonchev–Trinajstić information content (AvgIpc) is 3.00. The van der Waals surface area contributed by atoms with Gasteiger partial charge in [-0.1, -0.05) is 65.0 Å². The van der Waals surface area contributed by atoms with E-state index in [9.17, 15) is 0 Å². The molecule has 1 nitrogen and oxygen atoms in total. The van der Waals surface area contributed by atoms with Crippen LogP contribution in [0.4, 0.5) is 0 Å². The van der Waals surface area contributed by atoms with Gasteiger partial charge in [-0.15, -0.1) is 0 Å². The lowest BCUT2D eigenvalue weighted by Gasteiger charge is -2.60. The molecular formula is C26H45N. The second kappa shape index (κ2) is 8.68. The van der Waals surface area contributed by atoms with Crippen molar-refractivity contribution >= 4 is 0 Å². The first-order valence-corrected chi connectivity index (χ1v) is 11.7. The first kappa shape index (κ1) is 22.5. The summed E-state index contributed by atoms with van der Waals surface area (Å²) in [6.45, 7) is 21.5. The molecule has 0 radical (unpaired) electrons. The Balaban J connectivity index is 0.000000614. The number of rotatable bonds is 0. The highest BCUT2D eigenvalue weighted by Gasteiger charge is 2.59. The predicted molar refractivity (Wildman–Crippen MR) is 121 cm³/mol. The molecule has 0 bridgehead atoms. The Hall–Kier alpha value is -0.820. The Morgan fingerprint density at radius 2 is 1.67 bits per heavy atom. The monoisotopic (exact) mass is 371 g/mol. The van der Waals surface area contributed by atoms with E-state index in [1.165, 1.54) is 68.1 Å². The normalized spacial score (nSPS) is 44.2. The summed E-state index contributed by atoms with van der Waals surface area (Å²) in [6.07, 6.45) is 12.5. The number of hydrogen-bond acceptors (Lipinski definition) is 1.